The number of Topliss-reactive ketones (excluding diaryl/α,β-unsaturated/α-hetero) is 1. The number of nitrogens with one attached hydrogen (secondary N) is 2. The van der Waals surface area contributed by atoms with E-state index < -0.39 is 0 Å². The van der Waals surface area contributed by atoms with Gasteiger partial charge < -0.3 is 10.3 Å². The number of hydrogen-bond donors (Lipinski definition) is 2. The molecule has 2 N–H and O–H groups in total. The average Bonchev–Trinajstić information content (AvgIpc) is 2.91. The van der Waals surface area contributed by atoms with Crippen LogP contribution in [-0.4, -0.2) is 16.7 Å². The molecule has 6 heteroatoms. The van der Waals surface area contributed by atoms with Crippen molar-refractivity contribution < 1.29 is 9.59 Å². The molecule has 0 aliphatic heterocycles. The van der Waals surface area contributed by atoms with Crippen molar-refractivity contribution in [3.8, 4) is 0 Å². The molecule has 110 valence electrons. The summed E-state index contributed by atoms with van der Waals surface area (Å²) in [5.74, 6) is -0.410. The number of rotatable bonds is 4. The monoisotopic (exact) mass is 324 g/mol. The smallest absolute Gasteiger partial charge is 0.268 e. The molecule has 0 aliphatic carbocycles. The van der Waals surface area contributed by atoms with Crippen molar-refractivity contribution in [2.45, 2.75) is 19.9 Å². The number of amides is 1. The lowest BCUT2D eigenvalue weighted by atomic mass is 10.1. The number of aromatic nitrogens is 1. The summed E-state index contributed by atoms with van der Waals surface area (Å²) < 4.78 is 0. The molecule has 2 rings (SSSR count). The van der Waals surface area contributed by atoms with E-state index in [2.05, 4.69) is 10.3 Å². The fraction of sp³-hybridized carbons (Fsp3) is 0.200. The quantitative estimate of drug-likeness (QED) is 0.834. The first kappa shape index (κ1) is 15.6. The van der Waals surface area contributed by atoms with Crippen LogP contribution in [0.15, 0.2) is 30.3 Å². The summed E-state index contributed by atoms with van der Waals surface area (Å²) in [5.41, 5.74) is 1.59. The van der Waals surface area contributed by atoms with Gasteiger partial charge in [-0.05, 0) is 36.8 Å². The maximum Gasteiger partial charge on any atom is 0.268 e. The summed E-state index contributed by atoms with van der Waals surface area (Å²) >= 11 is 11.8. The Labute approximate surface area is 132 Å². The normalized spacial score (nSPS) is 12.0. The Morgan fingerprint density at radius 3 is 2.33 bits per heavy atom. The second-order valence-corrected chi connectivity index (χ2v) is 5.52. The number of hydrogen-bond acceptors (Lipinski definition) is 2. The average molecular weight is 325 g/mol. The summed E-state index contributed by atoms with van der Waals surface area (Å²) in [4.78, 5) is 26.1. The summed E-state index contributed by atoms with van der Waals surface area (Å²) in [7, 11) is 0. The Kier molecular flexibility index (Phi) is 4.70. The molecule has 1 aromatic heterocycles. The third-order valence-electron chi connectivity index (χ3n) is 3.10. The Hall–Kier alpha value is -1.78. The number of ketones is 1. The minimum atomic E-state index is -0.291. The first-order valence-electron chi connectivity index (χ1n) is 6.34. The van der Waals surface area contributed by atoms with E-state index in [0.29, 0.717) is 21.4 Å². The highest BCUT2D eigenvalue weighted by Gasteiger charge is 2.14. The minimum absolute atomic E-state index is 0.119. The molecular weight excluding hydrogens is 311 g/mol. The van der Waals surface area contributed by atoms with E-state index in [9.17, 15) is 9.59 Å². The van der Waals surface area contributed by atoms with E-state index in [1.165, 1.54) is 6.92 Å². The molecule has 4 nitrogen and oxygen atoms in total. The third-order valence-corrected chi connectivity index (χ3v) is 3.84. The summed E-state index contributed by atoms with van der Waals surface area (Å²) in [6.45, 7) is 3.28. The molecule has 1 atom stereocenters. The summed E-state index contributed by atoms with van der Waals surface area (Å²) in [6, 6.07) is 8.12. The molecule has 1 unspecified atom stereocenters. The van der Waals surface area contributed by atoms with Crippen LogP contribution in [0.4, 0.5) is 0 Å². The Balaban J connectivity index is 2.10. The van der Waals surface area contributed by atoms with Crippen molar-refractivity contribution >= 4 is 34.9 Å². The van der Waals surface area contributed by atoms with Crippen LogP contribution in [0.1, 0.15) is 46.4 Å². The molecule has 2 aromatic rings. The first-order chi connectivity index (χ1) is 9.88. The van der Waals surface area contributed by atoms with Crippen LogP contribution >= 0.6 is 23.2 Å². The van der Waals surface area contributed by atoms with Gasteiger partial charge in [0.25, 0.3) is 5.91 Å². The van der Waals surface area contributed by atoms with Gasteiger partial charge >= 0.3 is 0 Å². The largest absolute Gasteiger partial charge is 0.348 e. The highest BCUT2D eigenvalue weighted by Crippen LogP contribution is 2.25. The van der Waals surface area contributed by atoms with E-state index >= 15 is 0 Å². The fourth-order valence-corrected chi connectivity index (χ4v) is 2.18. The predicted molar refractivity (Wildman–Crippen MR) is 83.1 cm³/mol. The van der Waals surface area contributed by atoms with Gasteiger partial charge in [0.1, 0.15) is 5.69 Å². The Morgan fingerprint density at radius 2 is 1.76 bits per heavy atom. The van der Waals surface area contributed by atoms with Gasteiger partial charge in [-0.25, -0.2) is 0 Å². The molecule has 0 bridgehead atoms. The maximum absolute atomic E-state index is 12.1. The molecule has 0 aliphatic rings. The number of benzene rings is 1. The van der Waals surface area contributed by atoms with Crippen LogP contribution in [0.2, 0.25) is 10.0 Å². The van der Waals surface area contributed by atoms with Gasteiger partial charge in [-0.2, -0.15) is 0 Å². The zero-order valence-electron chi connectivity index (χ0n) is 11.5. The molecular formula is C15H14Cl2N2O2. The van der Waals surface area contributed by atoms with Crippen LogP contribution < -0.4 is 5.32 Å². The Morgan fingerprint density at radius 1 is 1.10 bits per heavy atom. The van der Waals surface area contributed by atoms with Gasteiger partial charge in [0.05, 0.1) is 21.8 Å². The van der Waals surface area contributed by atoms with Crippen LogP contribution in [0, 0.1) is 0 Å². The lowest BCUT2D eigenvalue weighted by molar-refractivity contribution is 0.0935. The van der Waals surface area contributed by atoms with E-state index in [-0.39, 0.29) is 17.7 Å². The second kappa shape index (κ2) is 6.33. The zero-order chi connectivity index (χ0) is 15.6. The first-order valence-corrected chi connectivity index (χ1v) is 7.10. The molecule has 1 aromatic carbocycles. The lowest BCUT2D eigenvalue weighted by Gasteiger charge is -2.14. The highest BCUT2D eigenvalue weighted by atomic mass is 35.5. The van der Waals surface area contributed by atoms with Gasteiger partial charge in [0.15, 0.2) is 5.78 Å². The minimum Gasteiger partial charge on any atom is -0.348 e. The van der Waals surface area contributed by atoms with Gasteiger partial charge in [0, 0.05) is 6.92 Å². The molecule has 0 radical (unpaired) electrons. The van der Waals surface area contributed by atoms with E-state index in [0.717, 1.165) is 5.56 Å². The van der Waals surface area contributed by atoms with Crippen LogP contribution in [0.5, 0.6) is 0 Å². The van der Waals surface area contributed by atoms with E-state index in [1.807, 2.05) is 6.92 Å². The molecule has 0 saturated carbocycles. The van der Waals surface area contributed by atoms with Crippen LogP contribution in [-0.2, 0) is 0 Å². The molecule has 0 spiro atoms. The van der Waals surface area contributed by atoms with Crippen molar-refractivity contribution in [3.63, 3.8) is 0 Å². The van der Waals surface area contributed by atoms with Crippen molar-refractivity contribution in [2.75, 3.05) is 0 Å². The molecule has 0 saturated heterocycles. The van der Waals surface area contributed by atoms with Crippen molar-refractivity contribution in [1.82, 2.24) is 10.3 Å². The zero-order valence-corrected chi connectivity index (χ0v) is 13.0. The standard InChI is InChI=1S/C15H14Cl2N2O2/c1-8(10-3-4-11(16)12(17)7-10)18-15(21)14-6-5-13(19-14)9(2)20/h3-8,19H,1-2H3,(H,18,21). The summed E-state index contributed by atoms with van der Waals surface area (Å²) in [5, 5.41) is 3.73. The maximum atomic E-state index is 12.1. The van der Waals surface area contributed by atoms with E-state index in [1.54, 1.807) is 30.3 Å². The van der Waals surface area contributed by atoms with Gasteiger partial charge in [-0.3, -0.25) is 9.59 Å². The van der Waals surface area contributed by atoms with Crippen molar-refractivity contribution in [1.29, 1.82) is 0 Å². The van der Waals surface area contributed by atoms with Gasteiger partial charge in [-0.15, -0.1) is 0 Å². The van der Waals surface area contributed by atoms with Crippen LogP contribution in [0.25, 0.3) is 0 Å². The van der Waals surface area contributed by atoms with E-state index in [4.69, 9.17) is 23.2 Å². The molecule has 21 heavy (non-hydrogen) atoms. The topological polar surface area (TPSA) is 62.0 Å². The number of H-pyrrole nitrogens is 1. The van der Waals surface area contributed by atoms with Gasteiger partial charge in [-0.1, -0.05) is 29.3 Å². The summed E-state index contributed by atoms with van der Waals surface area (Å²) in [6.07, 6.45) is 0. The number of halogens is 2. The Bertz CT molecular complexity index is 695. The molecule has 0 fully saturated rings. The molecule has 1 amide bonds. The van der Waals surface area contributed by atoms with Crippen LogP contribution in [0.3, 0.4) is 0 Å². The van der Waals surface area contributed by atoms with Gasteiger partial charge in [0.2, 0.25) is 0 Å². The third kappa shape index (κ3) is 3.65. The lowest BCUT2D eigenvalue weighted by Crippen LogP contribution is -2.27. The van der Waals surface area contributed by atoms with Crippen molar-refractivity contribution in [3.05, 3.63) is 57.3 Å². The van der Waals surface area contributed by atoms with Crippen molar-refractivity contribution in [2.24, 2.45) is 0 Å². The highest BCUT2D eigenvalue weighted by molar-refractivity contribution is 6.42. The predicted octanol–water partition coefficient (Wildman–Crippen LogP) is 4.02. The molecule has 1 heterocycles. The second-order valence-electron chi connectivity index (χ2n) is 4.71. The number of carbonyl (C=O) groups is 2. The fourth-order valence-electron chi connectivity index (χ4n) is 1.87. The SMILES string of the molecule is CC(=O)c1ccc(C(=O)NC(C)c2ccc(Cl)c(Cl)c2)[nH]1. The number of aromatic amines is 1. The number of carbonyl (C=O) groups excluding carboxylic acids is 2.